The summed E-state index contributed by atoms with van der Waals surface area (Å²) in [6, 6.07) is 6.50. The second kappa shape index (κ2) is 6.46. The van der Waals surface area contributed by atoms with Crippen LogP contribution in [0.25, 0.3) is 16.9 Å². The minimum Gasteiger partial charge on any atom is -0.335 e. The minimum atomic E-state index is 0.184. The molecule has 4 heterocycles. The number of amides is 1. The fourth-order valence-electron chi connectivity index (χ4n) is 4.31. The van der Waals surface area contributed by atoms with Crippen LogP contribution in [0, 0.1) is 6.92 Å². The molecule has 5 rings (SSSR count). The smallest absolute Gasteiger partial charge is 0.254 e. The van der Waals surface area contributed by atoms with Gasteiger partial charge < -0.3 is 14.6 Å². The molecule has 1 fully saturated rings. The third kappa shape index (κ3) is 2.90. The molecule has 0 unspecified atom stereocenters. The topological polar surface area (TPSA) is 62.5 Å². The number of aryl methyl sites for hydroxylation is 1. The second-order valence-corrected chi connectivity index (χ2v) is 7.52. The monoisotopic (exact) mass is 361 g/mol. The van der Waals surface area contributed by atoms with Crippen molar-refractivity contribution in [3.63, 3.8) is 0 Å². The van der Waals surface area contributed by atoms with Crippen LogP contribution in [0.5, 0.6) is 0 Å². The summed E-state index contributed by atoms with van der Waals surface area (Å²) in [6.07, 6.45) is 8.81. The Morgan fingerprint density at radius 2 is 2.04 bits per heavy atom. The maximum Gasteiger partial charge on any atom is 0.254 e. The molecule has 2 aliphatic heterocycles. The van der Waals surface area contributed by atoms with Crippen molar-refractivity contribution in [1.29, 1.82) is 0 Å². The Labute approximate surface area is 158 Å². The van der Waals surface area contributed by atoms with Crippen molar-refractivity contribution in [1.82, 2.24) is 24.6 Å². The lowest BCUT2D eigenvalue weighted by Gasteiger charge is -2.37. The number of hydrogen-bond donors (Lipinski definition) is 1. The van der Waals surface area contributed by atoms with E-state index in [2.05, 4.69) is 26.3 Å². The normalized spacial score (nSPS) is 18.1. The van der Waals surface area contributed by atoms with Crippen LogP contribution in [0.3, 0.4) is 0 Å². The maximum atomic E-state index is 13.0. The maximum absolute atomic E-state index is 13.0. The van der Waals surface area contributed by atoms with Gasteiger partial charge in [0, 0.05) is 36.1 Å². The molecule has 1 aromatic carbocycles. The molecule has 6 heteroatoms. The Morgan fingerprint density at radius 1 is 1.19 bits per heavy atom. The summed E-state index contributed by atoms with van der Waals surface area (Å²) in [5, 5.41) is 3.38. The van der Waals surface area contributed by atoms with Crippen molar-refractivity contribution in [2.45, 2.75) is 32.2 Å². The number of nitrogens with zero attached hydrogens (tertiary/aromatic N) is 4. The largest absolute Gasteiger partial charge is 0.335 e. The second-order valence-electron chi connectivity index (χ2n) is 7.52. The lowest BCUT2D eigenvalue weighted by Crippen LogP contribution is -2.49. The van der Waals surface area contributed by atoms with Crippen LogP contribution in [0.4, 0.5) is 0 Å². The van der Waals surface area contributed by atoms with Crippen molar-refractivity contribution >= 4 is 11.6 Å². The van der Waals surface area contributed by atoms with Gasteiger partial charge in [0.25, 0.3) is 5.91 Å². The summed E-state index contributed by atoms with van der Waals surface area (Å²) >= 11 is 0. The van der Waals surface area contributed by atoms with E-state index in [-0.39, 0.29) is 5.91 Å². The van der Waals surface area contributed by atoms with Gasteiger partial charge in [-0.1, -0.05) is 6.07 Å². The van der Waals surface area contributed by atoms with E-state index < -0.39 is 0 Å². The van der Waals surface area contributed by atoms with Gasteiger partial charge in [0.2, 0.25) is 0 Å². The number of nitrogens with one attached hydrogen (secondary N) is 1. The van der Waals surface area contributed by atoms with Crippen LogP contribution in [0.2, 0.25) is 0 Å². The highest BCUT2D eigenvalue weighted by atomic mass is 16.2. The molecule has 27 heavy (non-hydrogen) atoms. The van der Waals surface area contributed by atoms with Crippen molar-refractivity contribution < 1.29 is 4.79 Å². The number of carbonyl (C=O) groups excluding carboxylic acids is 1. The molecule has 1 N–H and O–H groups in total. The number of benzene rings is 1. The van der Waals surface area contributed by atoms with Crippen molar-refractivity contribution in [2.24, 2.45) is 0 Å². The zero-order chi connectivity index (χ0) is 18.4. The van der Waals surface area contributed by atoms with E-state index in [0.29, 0.717) is 6.04 Å². The fourth-order valence-corrected chi connectivity index (χ4v) is 4.31. The van der Waals surface area contributed by atoms with Crippen LogP contribution >= 0.6 is 0 Å². The number of carbonyl (C=O) groups is 1. The van der Waals surface area contributed by atoms with Crippen molar-refractivity contribution in [2.75, 3.05) is 19.6 Å². The molecule has 6 nitrogen and oxygen atoms in total. The van der Waals surface area contributed by atoms with E-state index in [9.17, 15) is 4.79 Å². The van der Waals surface area contributed by atoms with Gasteiger partial charge in [0.05, 0.1) is 17.6 Å². The first kappa shape index (κ1) is 16.4. The fraction of sp³-hybridized carbons (Fsp3) is 0.381. The number of imidazole rings is 1. The predicted molar refractivity (Wildman–Crippen MR) is 104 cm³/mol. The van der Waals surface area contributed by atoms with Gasteiger partial charge >= 0.3 is 0 Å². The lowest BCUT2D eigenvalue weighted by atomic mass is 9.93. The number of hydrogen-bond acceptors (Lipinski definition) is 4. The Balaban J connectivity index is 1.45. The summed E-state index contributed by atoms with van der Waals surface area (Å²) in [7, 11) is 0. The molecule has 2 aliphatic rings. The summed E-state index contributed by atoms with van der Waals surface area (Å²) in [4.78, 5) is 24.1. The van der Waals surface area contributed by atoms with Crippen LogP contribution in [-0.4, -0.2) is 50.9 Å². The molecule has 1 amide bonds. The number of rotatable bonds is 2. The standard InChI is InChI=1S/C21H23N5O/c1-14-12-25-13-19(23-11-20(25)24-14)16-2-3-18-15(10-16)6-9-26(21(18)27)17-4-7-22-8-5-17/h2-3,10-13,17,22H,4-9H2,1H3. The Hall–Kier alpha value is -2.73. The lowest BCUT2D eigenvalue weighted by molar-refractivity contribution is 0.0624. The highest BCUT2D eigenvalue weighted by Gasteiger charge is 2.30. The van der Waals surface area contributed by atoms with Gasteiger partial charge in [-0.2, -0.15) is 0 Å². The number of fused-ring (bicyclic) bond motifs is 2. The Bertz CT molecular complexity index is 1020. The average Bonchev–Trinajstić information content (AvgIpc) is 3.08. The summed E-state index contributed by atoms with van der Waals surface area (Å²) in [5.74, 6) is 0.184. The van der Waals surface area contributed by atoms with Crippen molar-refractivity contribution in [3.8, 4) is 11.3 Å². The molecule has 3 aromatic rings. The zero-order valence-corrected chi connectivity index (χ0v) is 15.5. The molecule has 0 aliphatic carbocycles. The van der Waals surface area contributed by atoms with Gasteiger partial charge in [0.15, 0.2) is 5.65 Å². The molecular weight excluding hydrogens is 338 g/mol. The van der Waals surface area contributed by atoms with E-state index in [1.165, 1.54) is 0 Å². The molecular formula is C21H23N5O. The summed E-state index contributed by atoms with van der Waals surface area (Å²) < 4.78 is 2.00. The van der Waals surface area contributed by atoms with Gasteiger partial charge in [-0.25, -0.2) is 4.98 Å². The summed E-state index contributed by atoms with van der Waals surface area (Å²) in [6.45, 7) is 4.79. The molecule has 138 valence electrons. The molecule has 0 radical (unpaired) electrons. The van der Waals surface area contributed by atoms with Crippen LogP contribution in [-0.2, 0) is 6.42 Å². The van der Waals surface area contributed by atoms with Gasteiger partial charge in [-0.05, 0) is 57.0 Å². The molecule has 0 bridgehead atoms. The zero-order valence-electron chi connectivity index (χ0n) is 15.5. The quantitative estimate of drug-likeness (QED) is 0.762. The van der Waals surface area contributed by atoms with E-state index in [4.69, 9.17) is 0 Å². The molecule has 0 atom stereocenters. The number of aromatic nitrogens is 3. The first-order chi connectivity index (χ1) is 13.2. The van der Waals surface area contributed by atoms with Crippen LogP contribution < -0.4 is 5.32 Å². The molecule has 2 aromatic heterocycles. The van der Waals surface area contributed by atoms with E-state index in [0.717, 1.165) is 72.6 Å². The van der Waals surface area contributed by atoms with Crippen LogP contribution in [0.1, 0.15) is 34.5 Å². The summed E-state index contributed by atoms with van der Waals surface area (Å²) in [5.41, 5.74) is 5.75. The van der Waals surface area contributed by atoms with Gasteiger partial charge in [-0.3, -0.25) is 9.78 Å². The Kier molecular flexibility index (Phi) is 3.93. The third-order valence-corrected chi connectivity index (χ3v) is 5.73. The third-order valence-electron chi connectivity index (χ3n) is 5.73. The predicted octanol–water partition coefficient (Wildman–Crippen LogP) is 2.46. The van der Waals surface area contributed by atoms with Crippen LogP contribution in [0.15, 0.2) is 36.8 Å². The first-order valence-electron chi connectivity index (χ1n) is 9.65. The van der Waals surface area contributed by atoms with Gasteiger partial charge in [0.1, 0.15) is 0 Å². The average molecular weight is 361 g/mol. The van der Waals surface area contributed by atoms with Gasteiger partial charge in [-0.15, -0.1) is 0 Å². The Morgan fingerprint density at radius 3 is 2.89 bits per heavy atom. The van der Waals surface area contributed by atoms with E-state index >= 15 is 0 Å². The highest BCUT2D eigenvalue weighted by Crippen LogP contribution is 2.28. The molecule has 1 saturated heterocycles. The molecule has 0 spiro atoms. The number of piperidine rings is 1. The van der Waals surface area contributed by atoms with E-state index in [1.807, 2.05) is 35.9 Å². The minimum absolute atomic E-state index is 0.184. The highest BCUT2D eigenvalue weighted by molar-refractivity contribution is 5.97. The first-order valence-corrected chi connectivity index (χ1v) is 9.65. The van der Waals surface area contributed by atoms with E-state index in [1.54, 1.807) is 6.20 Å². The van der Waals surface area contributed by atoms with Crippen molar-refractivity contribution in [3.05, 3.63) is 53.6 Å². The molecule has 0 saturated carbocycles. The SMILES string of the molecule is Cc1cn2cc(-c3ccc4c(c3)CCN(C3CCNCC3)C4=O)ncc2n1.